The van der Waals surface area contributed by atoms with Gasteiger partial charge in [-0.25, -0.2) is 0 Å². The Morgan fingerprint density at radius 2 is 1.87 bits per heavy atom. The number of carbonyl (C=O) groups is 1. The molecule has 1 amide bonds. The Kier molecular flexibility index (Phi) is 6.28. The number of benzene rings is 2. The lowest BCUT2D eigenvalue weighted by molar-refractivity contribution is -0.116. The predicted molar refractivity (Wildman–Crippen MR) is 87.7 cm³/mol. The largest absolute Gasteiger partial charge is 0.491 e. The van der Waals surface area contributed by atoms with E-state index in [0.717, 1.165) is 0 Å². The standard InChI is InChI=1S/C17H15ClN2O3/c18-15-3-1-2-4-16(15)23-11-9-17(21)20-13-5-7-14(8-6-13)22-12-10-19/h1-8H,9,11-12H2,(H,20,21). The van der Waals surface area contributed by atoms with Gasteiger partial charge in [-0.15, -0.1) is 0 Å². The molecule has 0 spiro atoms. The zero-order valence-electron chi connectivity index (χ0n) is 12.3. The number of ether oxygens (including phenoxy) is 2. The molecule has 0 aliphatic rings. The summed E-state index contributed by atoms with van der Waals surface area (Å²) in [5.41, 5.74) is 0.650. The third kappa shape index (κ3) is 5.53. The minimum atomic E-state index is -0.164. The molecule has 23 heavy (non-hydrogen) atoms. The van der Waals surface area contributed by atoms with Crippen LogP contribution in [0, 0.1) is 11.3 Å². The first-order valence-electron chi connectivity index (χ1n) is 6.96. The van der Waals surface area contributed by atoms with E-state index in [1.807, 2.05) is 18.2 Å². The first-order valence-corrected chi connectivity index (χ1v) is 7.34. The molecule has 0 heterocycles. The van der Waals surface area contributed by atoms with Gasteiger partial charge in [0.15, 0.2) is 6.61 Å². The molecule has 1 N–H and O–H groups in total. The first-order chi connectivity index (χ1) is 11.2. The number of nitriles is 1. The molecule has 118 valence electrons. The van der Waals surface area contributed by atoms with E-state index in [9.17, 15) is 4.79 Å². The second kappa shape index (κ2) is 8.66. The Bertz CT molecular complexity index is 696. The van der Waals surface area contributed by atoms with E-state index < -0.39 is 0 Å². The number of para-hydroxylation sites is 1. The van der Waals surface area contributed by atoms with Crippen LogP contribution in [0.15, 0.2) is 48.5 Å². The van der Waals surface area contributed by atoms with Gasteiger partial charge in [0.25, 0.3) is 0 Å². The molecule has 0 saturated heterocycles. The van der Waals surface area contributed by atoms with Crippen LogP contribution in [-0.4, -0.2) is 19.1 Å². The van der Waals surface area contributed by atoms with Crippen LogP contribution in [0.4, 0.5) is 5.69 Å². The van der Waals surface area contributed by atoms with Crippen LogP contribution in [0.25, 0.3) is 0 Å². The summed E-state index contributed by atoms with van der Waals surface area (Å²) in [6, 6.07) is 15.8. The minimum absolute atomic E-state index is 0.00884. The van der Waals surface area contributed by atoms with Crippen molar-refractivity contribution in [2.24, 2.45) is 0 Å². The molecule has 0 saturated carbocycles. The molecule has 2 rings (SSSR count). The van der Waals surface area contributed by atoms with Gasteiger partial charge in [0.2, 0.25) is 5.91 Å². The maximum Gasteiger partial charge on any atom is 0.227 e. The molecule has 0 unspecified atom stereocenters. The van der Waals surface area contributed by atoms with E-state index >= 15 is 0 Å². The summed E-state index contributed by atoms with van der Waals surface area (Å²) in [6.07, 6.45) is 0.206. The molecule has 2 aromatic rings. The smallest absolute Gasteiger partial charge is 0.227 e. The van der Waals surface area contributed by atoms with Crippen molar-refractivity contribution >= 4 is 23.2 Å². The van der Waals surface area contributed by atoms with Crippen LogP contribution in [0.2, 0.25) is 5.02 Å². The second-order valence-electron chi connectivity index (χ2n) is 4.55. The molecule has 0 aliphatic heterocycles. The fourth-order valence-electron chi connectivity index (χ4n) is 1.79. The van der Waals surface area contributed by atoms with Gasteiger partial charge >= 0.3 is 0 Å². The van der Waals surface area contributed by atoms with Gasteiger partial charge in [-0.2, -0.15) is 5.26 Å². The van der Waals surface area contributed by atoms with Gasteiger partial charge in [-0.1, -0.05) is 23.7 Å². The molecule has 0 atom stereocenters. The topological polar surface area (TPSA) is 71.3 Å². The highest BCUT2D eigenvalue weighted by atomic mass is 35.5. The van der Waals surface area contributed by atoms with Gasteiger partial charge in [0.1, 0.15) is 17.6 Å². The van der Waals surface area contributed by atoms with Crippen molar-refractivity contribution < 1.29 is 14.3 Å². The van der Waals surface area contributed by atoms with Crippen molar-refractivity contribution in [1.82, 2.24) is 0 Å². The Morgan fingerprint density at radius 3 is 2.57 bits per heavy atom. The average Bonchev–Trinajstić information content (AvgIpc) is 2.56. The lowest BCUT2D eigenvalue weighted by Gasteiger charge is -2.09. The van der Waals surface area contributed by atoms with E-state index in [-0.39, 0.29) is 25.5 Å². The van der Waals surface area contributed by atoms with Gasteiger partial charge in [0, 0.05) is 5.69 Å². The number of nitrogens with zero attached hydrogens (tertiary/aromatic N) is 1. The third-order valence-electron chi connectivity index (χ3n) is 2.86. The van der Waals surface area contributed by atoms with Gasteiger partial charge in [-0.05, 0) is 36.4 Å². The monoisotopic (exact) mass is 330 g/mol. The number of carbonyl (C=O) groups excluding carboxylic acids is 1. The lowest BCUT2D eigenvalue weighted by Crippen LogP contribution is -2.15. The average molecular weight is 331 g/mol. The number of hydrogen-bond acceptors (Lipinski definition) is 4. The molecule has 2 aromatic carbocycles. The Hall–Kier alpha value is -2.71. The summed E-state index contributed by atoms with van der Waals surface area (Å²) >= 11 is 5.96. The Balaban J connectivity index is 1.76. The maximum atomic E-state index is 11.8. The fourth-order valence-corrected chi connectivity index (χ4v) is 1.98. The number of amides is 1. The number of anilines is 1. The third-order valence-corrected chi connectivity index (χ3v) is 3.18. The van der Waals surface area contributed by atoms with Crippen molar-refractivity contribution in [3.8, 4) is 17.6 Å². The SMILES string of the molecule is N#CCOc1ccc(NC(=O)CCOc2ccccc2Cl)cc1. The lowest BCUT2D eigenvalue weighted by atomic mass is 10.3. The molecular formula is C17H15ClN2O3. The van der Waals surface area contributed by atoms with Crippen molar-refractivity contribution in [2.75, 3.05) is 18.5 Å². The van der Waals surface area contributed by atoms with Crippen LogP contribution in [0.5, 0.6) is 11.5 Å². The van der Waals surface area contributed by atoms with Crippen LogP contribution < -0.4 is 14.8 Å². The summed E-state index contributed by atoms with van der Waals surface area (Å²) in [5.74, 6) is 0.968. The summed E-state index contributed by atoms with van der Waals surface area (Å²) in [6.45, 7) is 0.226. The molecule has 0 aliphatic carbocycles. The van der Waals surface area contributed by atoms with Crippen molar-refractivity contribution in [2.45, 2.75) is 6.42 Å². The van der Waals surface area contributed by atoms with E-state index in [1.54, 1.807) is 36.4 Å². The predicted octanol–water partition coefficient (Wildman–Crippen LogP) is 3.65. The fraction of sp³-hybridized carbons (Fsp3) is 0.176. The van der Waals surface area contributed by atoms with E-state index in [0.29, 0.717) is 22.2 Å². The van der Waals surface area contributed by atoms with Crippen molar-refractivity contribution in [3.63, 3.8) is 0 Å². The van der Waals surface area contributed by atoms with E-state index in [2.05, 4.69) is 5.32 Å². The van der Waals surface area contributed by atoms with Gasteiger partial charge in [-0.3, -0.25) is 4.79 Å². The van der Waals surface area contributed by atoms with Gasteiger partial charge < -0.3 is 14.8 Å². The maximum absolute atomic E-state index is 11.8. The quantitative estimate of drug-likeness (QED) is 0.841. The van der Waals surface area contributed by atoms with Crippen molar-refractivity contribution in [1.29, 1.82) is 5.26 Å². The molecule has 0 radical (unpaired) electrons. The highest BCUT2D eigenvalue weighted by Gasteiger charge is 2.05. The number of rotatable bonds is 7. The summed E-state index contributed by atoms with van der Waals surface area (Å²) in [7, 11) is 0. The summed E-state index contributed by atoms with van der Waals surface area (Å²) < 4.78 is 10.6. The molecular weight excluding hydrogens is 316 g/mol. The van der Waals surface area contributed by atoms with Gasteiger partial charge in [0.05, 0.1) is 18.1 Å². The minimum Gasteiger partial charge on any atom is -0.491 e. The number of halogens is 1. The van der Waals surface area contributed by atoms with E-state index in [4.69, 9.17) is 26.3 Å². The number of hydrogen-bond donors (Lipinski definition) is 1. The highest BCUT2D eigenvalue weighted by molar-refractivity contribution is 6.32. The Labute approximate surface area is 139 Å². The molecule has 5 nitrogen and oxygen atoms in total. The highest BCUT2D eigenvalue weighted by Crippen LogP contribution is 2.23. The van der Waals surface area contributed by atoms with Crippen molar-refractivity contribution in [3.05, 3.63) is 53.6 Å². The first kappa shape index (κ1) is 16.7. The Morgan fingerprint density at radius 1 is 1.13 bits per heavy atom. The molecule has 0 bridgehead atoms. The second-order valence-corrected chi connectivity index (χ2v) is 4.96. The normalized spacial score (nSPS) is 9.74. The summed E-state index contributed by atoms with van der Waals surface area (Å²) in [4.78, 5) is 11.8. The van der Waals surface area contributed by atoms with Crippen LogP contribution in [0.3, 0.4) is 0 Å². The number of nitrogens with one attached hydrogen (secondary N) is 1. The zero-order chi connectivity index (χ0) is 16.5. The van der Waals surface area contributed by atoms with Crippen LogP contribution >= 0.6 is 11.6 Å². The zero-order valence-corrected chi connectivity index (χ0v) is 13.0. The molecule has 0 fully saturated rings. The molecule has 0 aromatic heterocycles. The van der Waals surface area contributed by atoms with Crippen LogP contribution in [0.1, 0.15) is 6.42 Å². The molecule has 6 heteroatoms. The van der Waals surface area contributed by atoms with E-state index in [1.165, 1.54) is 0 Å². The summed E-state index contributed by atoms with van der Waals surface area (Å²) in [5, 5.41) is 11.7. The van der Waals surface area contributed by atoms with Crippen LogP contribution in [-0.2, 0) is 4.79 Å².